The van der Waals surface area contributed by atoms with E-state index < -0.39 is 6.10 Å². The van der Waals surface area contributed by atoms with Gasteiger partial charge in [0.25, 0.3) is 5.91 Å². The topological polar surface area (TPSA) is 79.5 Å². The summed E-state index contributed by atoms with van der Waals surface area (Å²) in [6.07, 6.45) is 3.55. The standard InChI is InChI=1S/C19H22N4O2/c1-13(24)11-16(15-7-4-3-5-8-15)12-21-19(25)17-14(2)22-23-10-6-9-20-18(17)23/h3-10,13,16,24H,11-12H2,1-2H3,(H,21,25). The van der Waals surface area contributed by atoms with E-state index in [9.17, 15) is 9.90 Å². The van der Waals surface area contributed by atoms with Crippen molar-refractivity contribution in [2.45, 2.75) is 32.3 Å². The molecule has 2 heterocycles. The lowest BCUT2D eigenvalue weighted by atomic mass is 9.93. The monoisotopic (exact) mass is 338 g/mol. The second-order valence-corrected chi connectivity index (χ2v) is 6.25. The summed E-state index contributed by atoms with van der Waals surface area (Å²) in [7, 11) is 0. The van der Waals surface area contributed by atoms with Crippen molar-refractivity contribution in [1.82, 2.24) is 19.9 Å². The Hall–Kier alpha value is -2.73. The highest BCUT2D eigenvalue weighted by atomic mass is 16.3. The van der Waals surface area contributed by atoms with Crippen LogP contribution >= 0.6 is 0 Å². The van der Waals surface area contributed by atoms with E-state index in [1.54, 1.807) is 36.8 Å². The number of aliphatic hydroxyl groups excluding tert-OH is 1. The maximum absolute atomic E-state index is 12.7. The van der Waals surface area contributed by atoms with E-state index >= 15 is 0 Å². The second-order valence-electron chi connectivity index (χ2n) is 6.25. The molecule has 0 aliphatic rings. The second kappa shape index (κ2) is 7.44. The highest BCUT2D eigenvalue weighted by molar-refractivity contribution is 6.00. The summed E-state index contributed by atoms with van der Waals surface area (Å²) in [5.41, 5.74) is 2.77. The minimum Gasteiger partial charge on any atom is -0.393 e. The Kier molecular flexibility index (Phi) is 5.09. The molecule has 0 radical (unpaired) electrons. The van der Waals surface area contributed by atoms with E-state index in [0.717, 1.165) is 5.56 Å². The van der Waals surface area contributed by atoms with Crippen molar-refractivity contribution in [2.75, 3.05) is 6.54 Å². The summed E-state index contributed by atoms with van der Waals surface area (Å²) in [4.78, 5) is 17.0. The van der Waals surface area contributed by atoms with Crippen molar-refractivity contribution in [2.24, 2.45) is 0 Å². The summed E-state index contributed by atoms with van der Waals surface area (Å²) >= 11 is 0. The molecular weight excluding hydrogens is 316 g/mol. The van der Waals surface area contributed by atoms with Gasteiger partial charge in [0.05, 0.1) is 11.8 Å². The van der Waals surface area contributed by atoms with Gasteiger partial charge in [-0.15, -0.1) is 0 Å². The number of benzene rings is 1. The van der Waals surface area contributed by atoms with Crippen LogP contribution < -0.4 is 5.32 Å². The van der Waals surface area contributed by atoms with Gasteiger partial charge < -0.3 is 10.4 Å². The molecule has 0 bridgehead atoms. The Morgan fingerprint density at radius 1 is 1.28 bits per heavy atom. The molecule has 0 saturated carbocycles. The molecule has 0 aliphatic carbocycles. The van der Waals surface area contributed by atoms with Crippen molar-refractivity contribution < 1.29 is 9.90 Å². The van der Waals surface area contributed by atoms with Crippen molar-refractivity contribution in [3.8, 4) is 0 Å². The number of hydrogen-bond donors (Lipinski definition) is 2. The number of carbonyl (C=O) groups is 1. The van der Waals surface area contributed by atoms with E-state index in [4.69, 9.17) is 0 Å². The number of aliphatic hydroxyl groups is 1. The van der Waals surface area contributed by atoms with E-state index in [2.05, 4.69) is 15.4 Å². The predicted octanol–water partition coefficient (Wildman–Crippen LogP) is 2.32. The van der Waals surface area contributed by atoms with Crippen molar-refractivity contribution in [1.29, 1.82) is 0 Å². The van der Waals surface area contributed by atoms with Gasteiger partial charge in [-0.05, 0) is 31.9 Å². The molecule has 2 unspecified atom stereocenters. The fourth-order valence-electron chi connectivity index (χ4n) is 3.04. The average molecular weight is 338 g/mol. The van der Waals surface area contributed by atoms with E-state index in [-0.39, 0.29) is 11.8 Å². The third kappa shape index (κ3) is 3.85. The largest absolute Gasteiger partial charge is 0.393 e. The van der Waals surface area contributed by atoms with E-state index in [0.29, 0.717) is 29.9 Å². The summed E-state index contributed by atoms with van der Waals surface area (Å²) in [5, 5.41) is 17.1. The molecule has 0 fully saturated rings. The van der Waals surface area contributed by atoms with Crippen LogP contribution in [0.3, 0.4) is 0 Å². The van der Waals surface area contributed by atoms with E-state index in [1.165, 1.54) is 0 Å². The molecule has 6 heteroatoms. The first kappa shape index (κ1) is 17.1. The Balaban J connectivity index is 1.78. The molecule has 25 heavy (non-hydrogen) atoms. The Morgan fingerprint density at radius 2 is 2.04 bits per heavy atom. The zero-order chi connectivity index (χ0) is 17.8. The van der Waals surface area contributed by atoms with Crippen molar-refractivity contribution in [3.63, 3.8) is 0 Å². The first-order chi connectivity index (χ1) is 12.1. The number of hydrogen-bond acceptors (Lipinski definition) is 4. The third-order valence-corrected chi connectivity index (χ3v) is 4.20. The van der Waals surface area contributed by atoms with Crippen LogP contribution in [0.25, 0.3) is 5.65 Å². The number of nitrogens with zero attached hydrogens (tertiary/aromatic N) is 3. The van der Waals surface area contributed by atoms with Crippen LogP contribution in [0.5, 0.6) is 0 Å². The summed E-state index contributed by atoms with van der Waals surface area (Å²) in [5.74, 6) is -0.155. The smallest absolute Gasteiger partial charge is 0.257 e. The Labute approximate surface area is 146 Å². The maximum Gasteiger partial charge on any atom is 0.257 e. The lowest BCUT2D eigenvalue weighted by Gasteiger charge is -2.19. The molecule has 0 spiro atoms. The highest BCUT2D eigenvalue weighted by Gasteiger charge is 2.20. The first-order valence-electron chi connectivity index (χ1n) is 8.37. The third-order valence-electron chi connectivity index (χ3n) is 4.20. The molecule has 2 aromatic heterocycles. The molecule has 3 rings (SSSR count). The number of aromatic nitrogens is 3. The number of carbonyl (C=O) groups excluding carboxylic acids is 1. The van der Waals surface area contributed by atoms with Gasteiger partial charge in [-0.25, -0.2) is 9.50 Å². The zero-order valence-corrected chi connectivity index (χ0v) is 14.4. The van der Waals surface area contributed by atoms with Gasteiger partial charge in [0.1, 0.15) is 5.56 Å². The molecule has 6 nitrogen and oxygen atoms in total. The predicted molar refractivity (Wildman–Crippen MR) is 95.5 cm³/mol. The van der Waals surface area contributed by atoms with Gasteiger partial charge in [0.2, 0.25) is 0 Å². The summed E-state index contributed by atoms with van der Waals surface area (Å²) in [6, 6.07) is 11.7. The minimum atomic E-state index is -0.442. The van der Waals surface area contributed by atoms with Crippen LogP contribution in [0.15, 0.2) is 48.8 Å². The van der Waals surface area contributed by atoms with Crippen LogP contribution in [0.2, 0.25) is 0 Å². The molecule has 2 atom stereocenters. The van der Waals surface area contributed by atoms with Gasteiger partial charge in [-0.1, -0.05) is 30.3 Å². The average Bonchev–Trinajstić information content (AvgIpc) is 2.94. The Bertz CT molecular complexity index is 858. The van der Waals surface area contributed by atoms with Gasteiger partial charge >= 0.3 is 0 Å². The SMILES string of the molecule is Cc1nn2cccnc2c1C(=O)NCC(CC(C)O)c1ccccc1. The normalized spacial score (nSPS) is 13.6. The molecule has 1 aromatic carbocycles. The molecule has 0 saturated heterocycles. The van der Waals surface area contributed by atoms with Gasteiger partial charge in [-0.3, -0.25) is 4.79 Å². The van der Waals surface area contributed by atoms with Crippen molar-refractivity contribution in [3.05, 3.63) is 65.6 Å². The van der Waals surface area contributed by atoms with Gasteiger partial charge in [0.15, 0.2) is 5.65 Å². The van der Waals surface area contributed by atoms with E-state index in [1.807, 2.05) is 30.3 Å². The number of fused-ring (bicyclic) bond motifs is 1. The highest BCUT2D eigenvalue weighted by Crippen LogP contribution is 2.21. The Morgan fingerprint density at radius 3 is 2.76 bits per heavy atom. The molecule has 130 valence electrons. The number of rotatable bonds is 6. The van der Waals surface area contributed by atoms with Crippen LogP contribution in [-0.4, -0.2) is 38.3 Å². The quantitative estimate of drug-likeness (QED) is 0.723. The molecule has 2 N–H and O–H groups in total. The number of nitrogens with one attached hydrogen (secondary N) is 1. The fourth-order valence-corrected chi connectivity index (χ4v) is 3.04. The number of aryl methyl sites for hydroxylation is 1. The first-order valence-corrected chi connectivity index (χ1v) is 8.37. The van der Waals surface area contributed by atoms with Crippen LogP contribution in [-0.2, 0) is 0 Å². The van der Waals surface area contributed by atoms with Crippen LogP contribution in [0.4, 0.5) is 0 Å². The minimum absolute atomic E-state index is 0.0419. The molecular formula is C19H22N4O2. The summed E-state index contributed by atoms with van der Waals surface area (Å²) < 4.78 is 1.61. The molecule has 1 amide bonds. The molecule has 3 aromatic rings. The van der Waals surface area contributed by atoms with Crippen molar-refractivity contribution >= 4 is 11.6 Å². The van der Waals surface area contributed by atoms with Gasteiger partial charge in [0, 0.05) is 24.9 Å². The summed E-state index contributed by atoms with van der Waals surface area (Å²) in [6.45, 7) is 4.00. The molecule has 0 aliphatic heterocycles. The maximum atomic E-state index is 12.7. The fraction of sp³-hybridized carbons (Fsp3) is 0.316. The van der Waals surface area contributed by atoms with Gasteiger partial charge in [-0.2, -0.15) is 5.10 Å². The number of amides is 1. The zero-order valence-electron chi connectivity index (χ0n) is 14.4. The van der Waals surface area contributed by atoms with Crippen LogP contribution in [0, 0.1) is 6.92 Å². The lowest BCUT2D eigenvalue weighted by molar-refractivity contribution is 0.0946. The lowest BCUT2D eigenvalue weighted by Crippen LogP contribution is -2.30. The van der Waals surface area contributed by atoms with Crippen LogP contribution in [0.1, 0.15) is 40.9 Å².